The van der Waals surface area contributed by atoms with Crippen LogP contribution in [-0.2, 0) is 14.9 Å². The third-order valence-electron chi connectivity index (χ3n) is 5.53. The van der Waals surface area contributed by atoms with Gasteiger partial charge in [0.2, 0.25) is 0 Å². The van der Waals surface area contributed by atoms with Crippen molar-refractivity contribution in [3.05, 3.63) is 34.3 Å². The van der Waals surface area contributed by atoms with Crippen LogP contribution in [0.2, 0.25) is 0 Å². The largest absolute Gasteiger partial charge is 0.382 e. The van der Waals surface area contributed by atoms with Crippen molar-refractivity contribution >= 4 is 21.9 Å². The maximum atomic E-state index is 5.72. The molecule has 1 saturated heterocycles. The van der Waals surface area contributed by atoms with E-state index in [1.165, 1.54) is 18.4 Å². The third kappa shape index (κ3) is 5.69. The van der Waals surface area contributed by atoms with Crippen LogP contribution in [0.15, 0.2) is 33.7 Å². The Labute approximate surface area is 171 Å². The Morgan fingerprint density at radius 3 is 2.93 bits per heavy atom. The first-order valence-corrected chi connectivity index (χ1v) is 10.8. The summed E-state index contributed by atoms with van der Waals surface area (Å²) in [5.41, 5.74) is 1.63. The Hall–Kier alpha value is -1.11. The first kappa shape index (κ1) is 20.6. The van der Waals surface area contributed by atoms with Crippen LogP contribution in [0.4, 0.5) is 0 Å². The van der Waals surface area contributed by atoms with Crippen LogP contribution in [-0.4, -0.2) is 64.0 Å². The van der Waals surface area contributed by atoms with E-state index in [9.17, 15) is 0 Å². The number of hydrogen-bond donors (Lipinski definition) is 1. The zero-order valence-electron chi connectivity index (χ0n) is 16.5. The van der Waals surface area contributed by atoms with Gasteiger partial charge in [-0.25, -0.2) is 0 Å². The molecule has 1 heterocycles. The molecule has 1 atom stereocenters. The van der Waals surface area contributed by atoms with E-state index < -0.39 is 0 Å². The molecular weight excluding hydrogens is 406 g/mol. The van der Waals surface area contributed by atoms with Crippen LogP contribution in [0, 0.1) is 5.92 Å². The van der Waals surface area contributed by atoms with Crippen LogP contribution in [0.3, 0.4) is 0 Å². The molecule has 0 aromatic heterocycles. The second kappa shape index (κ2) is 9.89. The van der Waals surface area contributed by atoms with Crippen molar-refractivity contribution in [2.45, 2.75) is 31.6 Å². The third-order valence-corrected chi connectivity index (χ3v) is 6.02. The minimum absolute atomic E-state index is 0.229. The van der Waals surface area contributed by atoms with Gasteiger partial charge in [-0.3, -0.25) is 4.99 Å². The van der Waals surface area contributed by atoms with Crippen molar-refractivity contribution in [2.75, 3.05) is 53.1 Å². The SMILES string of the molecule is CCNC(=NCC1(c2cccc(Br)c2)CC1)N1CCC(COCCOC)C1. The molecule has 1 saturated carbocycles. The fraction of sp³-hybridized carbons (Fsp3) is 0.667. The van der Waals surface area contributed by atoms with Crippen LogP contribution in [0.1, 0.15) is 31.7 Å². The van der Waals surface area contributed by atoms with Gasteiger partial charge >= 0.3 is 0 Å². The lowest BCUT2D eigenvalue weighted by Crippen LogP contribution is -2.40. The summed E-state index contributed by atoms with van der Waals surface area (Å²) in [5.74, 6) is 1.63. The van der Waals surface area contributed by atoms with Crippen molar-refractivity contribution < 1.29 is 9.47 Å². The molecule has 1 aliphatic carbocycles. The Morgan fingerprint density at radius 2 is 2.22 bits per heavy atom. The van der Waals surface area contributed by atoms with E-state index in [1.807, 2.05) is 0 Å². The van der Waals surface area contributed by atoms with Gasteiger partial charge in [-0.2, -0.15) is 0 Å². The molecule has 0 radical (unpaired) electrons. The van der Waals surface area contributed by atoms with Gasteiger partial charge in [-0.05, 0) is 43.9 Å². The lowest BCUT2D eigenvalue weighted by atomic mass is 9.96. The van der Waals surface area contributed by atoms with Gasteiger partial charge in [0.1, 0.15) is 0 Å². The summed E-state index contributed by atoms with van der Waals surface area (Å²) in [4.78, 5) is 7.43. The molecule has 0 amide bonds. The van der Waals surface area contributed by atoms with Crippen LogP contribution in [0.5, 0.6) is 0 Å². The summed E-state index contributed by atoms with van der Waals surface area (Å²) in [5, 5.41) is 3.49. The summed E-state index contributed by atoms with van der Waals surface area (Å²) in [6.07, 6.45) is 3.61. The molecule has 2 fully saturated rings. The maximum absolute atomic E-state index is 5.72. The highest BCUT2D eigenvalue weighted by Gasteiger charge is 2.44. The summed E-state index contributed by atoms with van der Waals surface area (Å²) in [6.45, 7) is 8.11. The number of likely N-dealkylation sites (tertiary alicyclic amines) is 1. The van der Waals surface area contributed by atoms with Crippen molar-refractivity contribution in [1.29, 1.82) is 0 Å². The van der Waals surface area contributed by atoms with E-state index in [0.717, 1.165) is 49.6 Å². The number of nitrogens with zero attached hydrogens (tertiary/aromatic N) is 2. The lowest BCUT2D eigenvalue weighted by Gasteiger charge is -2.23. The number of guanidine groups is 1. The fourth-order valence-corrected chi connectivity index (χ4v) is 4.11. The highest BCUT2D eigenvalue weighted by atomic mass is 79.9. The summed E-state index contributed by atoms with van der Waals surface area (Å²) in [6, 6.07) is 8.71. The minimum atomic E-state index is 0.229. The molecule has 1 unspecified atom stereocenters. The molecule has 1 aromatic carbocycles. The van der Waals surface area contributed by atoms with Crippen LogP contribution in [0.25, 0.3) is 0 Å². The standard InChI is InChI=1S/C21H32BrN3O2/c1-3-23-20(25-10-7-17(14-25)15-27-12-11-26-2)24-16-21(8-9-21)18-5-4-6-19(22)13-18/h4-6,13,17H,3,7-12,14-16H2,1-2H3,(H,23,24). The molecule has 150 valence electrons. The Morgan fingerprint density at radius 1 is 1.37 bits per heavy atom. The highest BCUT2D eigenvalue weighted by molar-refractivity contribution is 9.10. The van der Waals surface area contributed by atoms with E-state index in [1.54, 1.807) is 7.11 Å². The Kier molecular flexibility index (Phi) is 7.56. The highest BCUT2D eigenvalue weighted by Crippen LogP contribution is 2.48. The lowest BCUT2D eigenvalue weighted by molar-refractivity contribution is 0.0536. The van der Waals surface area contributed by atoms with E-state index in [-0.39, 0.29) is 5.41 Å². The summed E-state index contributed by atoms with van der Waals surface area (Å²) < 4.78 is 11.9. The zero-order valence-corrected chi connectivity index (χ0v) is 18.1. The first-order valence-electron chi connectivity index (χ1n) is 10.0. The number of rotatable bonds is 9. The van der Waals surface area contributed by atoms with Gasteiger partial charge < -0.3 is 19.7 Å². The predicted octanol–water partition coefficient (Wildman–Crippen LogP) is 3.43. The fourth-order valence-electron chi connectivity index (χ4n) is 3.71. The molecule has 1 aromatic rings. The Bertz CT molecular complexity index is 634. The summed E-state index contributed by atoms with van der Waals surface area (Å²) in [7, 11) is 1.71. The molecule has 2 aliphatic rings. The average Bonchev–Trinajstić information content (AvgIpc) is 3.32. The number of halogens is 1. The first-order chi connectivity index (χ1) is 13.2. The van der Waals surface area contributed by atoms with Gasteiger partial charge in [-0.1, -0.05) is 28.1 Å². The molecule has 27 heavy (non-hydrogen) atoms. The molecule has 3 rings (SSSR count). The number of ether oxygens (including phenoxy) is 2. The molecule has 0 spiro atoms. The van der Waals surface area contributed by atoms with Crippen molar-refractivity contribution in [1.82, 2.24) is 10.2 Å². The topological polar surface area (TPSA) is 46.1 Å². The number of methoxy groups -OCH3 is 1. The van der Waals surface area contributed by atoms with Crippen molar-refractivity contribution in [2.24, 2.45) is 10.9 Å². The number of benzene rings is 1. The summed E-state index contributed by atoms with van der Waals surface area (Å²) >= 11 is 3.60. The second-order valence-corrected chi connectivity index (χ2v) is 8.54. The van der Waals surface area contributed by atoms with E-state index >= 15 is 0 Å². The zero-order chi connectivity index (χ0) is 19.1. The molecule has 0 bridgehead atoms. The van der Waals surface area contributed by atoms with Gasteiger partial charge in [0.25, 0.3) is 0 Å². The molecular formula is C21H32BrN3O2. The monoisotopic (exact) mass is 437 g/mol. The molecule has 1 aliphatic heterocycles. The number of nitrogens with one attached hydrogen (secondary N) is 1. The molecule has 5 nitrogen and oxygen atoms in total. The average molecular weight is 438 g/mol. The normalized spacial score (nSPS) is 21.5. The van der Waals surface area contributed by atoms with Crippen LogP contribution >= 0.6 is 15.9 Å². The quantitative estimate of drug-likeness (QED) is 0.365. The smallest absolute Gasteiger partial charge is 0.193 e. The molecule has 1 N–H and O–H groups in total. The van der Waals surface area contributed by atoms with E-state index in [4.69, 9.17) is 14.5 Å². The van der Waals surface area contributed by atoms with Gasteiger partial charge in [0.05, 0.1) is 26.4 Å². The van der Waals surface area contributed by atoms with E-state index in [2.05, 4.69) is 57.3 Å². The van der Waals surface area contributed by atoms with Gasteiger partial charge in [0.15, 0.2) is 5.96 Å². The van der Waals surface area contributed by atoms with Crippen LogP contribution < -0.4 is 5.32 Å². The van der Waals surface area contributed by atoms with Crippen molar-refractivity contribution in [3.8, 4) is 0 Å². The Balaban J connectivity index is 1.57. The maximum Gasteiger partial charge on any atom is 0.193 e. The predicted molar refractivity (Wildman–Crippen MR) is 113 cm³/mol. The van der Waals surface area contributed by atoms with Gasteiger partial charge in [-0.15, -0.1) is 0 Å². The van der Waals surface area contributed by atoms with E-state index in [0.29, 0.717) is 19.1 Å². The van der Waals surface area contributed by atoms with Gasteiger partial charge in [0, 0.05) is 42.5 Å². The second-order valence-electron chi connectivity index (χ2n) is 7.63. The van der Waals surface area contributed by atoms with Crippen molar-refractivity contribution in [3.63, 3.8) is 0 Å². The number of aliphatic imine (C=N–C) groups is 1. The number of hydrogen-bond acceptors (Lipinski definition) is 3. The minimum Gasteiger partial charge on any atom is -0.382 e. The molecule has 6 heteroatoms.